The van der Waals surface area contributed by atoms with E-state index >= 15 is 0 Å². The Hall–Kier alpha value is -16.0. The predicted molar refractivity (Wildman–Crippen MR) is 551 cm³/mol. The highest BCUT2D eigenvalue weighted by Gasteiger charge is 2.28. The van der Waals surface area contributed by atoms with E-state index in [2.05, 4.69) is 419 Å². The Labute approximate surface area is 742 Å². The van der Waals surface area contributed by atoms with E-state index in [-0.39, 0.29) is 0 Å². The van der Waals surface area contributed by atoms with Gasteiger partial charge in [-0.15, -0.1) is 34.0 Å². The van der Waals surface area contributed by atoms with Crippen molar-refractivity contribution >= 4 is 268 Å². The first-order valence-corrected chi connectivity index (χ1v) is 46.1. The number of hydrogen-bond donors (Lipinski definition) is 0. The molecule has 9 heterocycles. The van der Waals surface area contributed by atoms with Gasteiger partial charge in [0.2, 0.25) is 0 Å². The van der Waals surface area contributed by atoms with Crippen molar-refractivity contribution in [3.8, 4) is 33.9 Å². The first-order valence-electron chi connectivity index (χ1n) is 43.6. The molecule has 0 unspecified atom stereocenters. The minimum absolute atomic E-state index is 0.917. The fourth-order valence-corrected chi connectivity index (χ4v) is 25.4. The van der Waals surface area contributed by atoms with E-state index < -0.39 is 0 Å². The molecule has 21 aromatic carbocycles. The van der Waals surface area contributed by atoms with E-state index in [1.165, 1.54) is 241 Å². The Balaban J connectivity index is 0.0000000975. The van der Waals surface area contributed by atoms with Gasteiger partial charge in [0.15, 0.2) is 0 Å². The van der Waals surface area contributed by atoms with Crippen LogP contribution < -0.4 is 0 Å². The lowest BCUT2D eigenvalue weighted by atomic mass is 9.95. The first-order chi connectivity index (χ1) is 63.6. The number of hydrogen-bond acceptors (Lipinski definition) is 5. The van der Waals surface area contributed by atoms with Crippen LogP contribution in [0.4, 0.5) is 0 Å². The first kappa shape index (κ1) is 71.4. The van der Waals surface area contributed by atoms with Gasteiger partial charge in [0.1, 0.15) is 11.2 Å². The second-order valence-electron chi connectivity index (χ2n) is 33.7. The summed E-state index contributed by atoms with van der Waals surface area (Å²) in [4.78, 5) is 4.79. The molecule has 0 spiro atoms. The monoisotopic (exact) mass is 1680 g/mol. The van der Waals surface area contributed by atoms with Gasteiger partial charge in [0.05, 0.1) is 60.7 Å². The molecule has 594 valence electrons. The molecule has 9 aromatic heterocycles. The van der Waals surface area contributed by atoms with Gasteiger partial charge in [-0.1, -0.05) is 297 Å². The number of aromatic nitrogens is 5. The van der Waals surface area contributed by atoms with Gasteiger partial charge in [-0.3, -0.25) is 4.98 Å². The lowest BCUT2D eigenvalue weighted by Gasteiger charge is -2.14. The lowest BCUT2D eigenvalue weighted by Crippen LogP contribution is -1.96. The molecule has 0 aliphatic rings. The Morgan fingerprint density at radius 3 is 1.31 bits per heavy atom. The Morgan fingerprint density at radius 1 is 0.195 bits per heavy atom. The van der Waals surface area contributed by atoms with Crippen molar-refractivity contribution in [2.45, 2.75) is 0 Å². The summed E-state index contributed by atoms with van der Waals surface area (Å²) in [6.45, 7) is 0. The third-order valence-corrected chi connectivity index (χ3v) is 30.7. The van der Waals surface area contributed by atoms with Gasteiger partial charge in [-0.05, 0) is 158 Å². The second kappa shape index (κ2) is 27.7. The van der Waals surface area contributed by atoms with Crippen molar-refractivity contribution in [1.29, 1.82) is 0 Å². The Kier molecular flexibility index (Phi) is 15.5. The number of rotatable bonds is 5. The SMILES string of the molecule is c1ccc(-c2cccc(-n3c4ccccc4c4c5ccccc5c5c(ccc6c7ccccc7sc65)c43)c2)cc1.c1ccc(-n2c3ccccc3c3cc(-n4c5ccccc5c5cc6c7ccccc7c7sc8ccccc8c7c6cc54)ccc32)cc1.c1ccc2c(c1)oc1c3ccc4c5ccccc5n(-c5cncc6c5sc5ccccc56)c4c3c3ccccc3c21. The highest BCUT2D eigenvalue weighted by atomic mass is 32.1. The molecule has 0 aliphatic heterocycles. The zero-order valence-corrected chi connectivity index (χ0v) is 71.2. The van der Waals surface area contributed by atoms with Crippen molar-refractivity contribution in [2.75, 3.05) is 0 Å². The number of nitrogens with zero attached hydrogens (tertiary/aromatic N) is 5. The lowest BCUT2D eigenvalue weighted by molar-refractivity contribution is 0.673. The van der Waals surface area contributed by atoms with Crippen molar-refractivity contribution in [3.05, 3.63) is 419 Å². The molecule has 0 fully saturated rings. The molecule has 0 radical (unpaired) electrons. The van der Waals surface area contributed by atoms with Crippen LogP contribution in [0.2, 0.25) is 0 Å². The molecular weight excluding hydrogens is 1610 g/mol. The van der Waals surface area contributed by atoms with Crippen LogP contribution in [0.3, 0.4) is 0 Å². The van der Waals surface area contributed by atoms with E-state index in [9.17, 15) is 0 Å². The molecule has 0 saturated carbocycles. The third kappa shape index (κ3) is 10.3. The summed E-state index contributed by atoms with van der Waals surface area (Å²) in [7, 11) is 0. The van der Waals surface area contributed by atoms with Crippen LogP contribution in [0, 0.1) is 0 Å². The van der Waals surface area contributed by atoms with Crippen molar-refractivity contribution in [1.82, 2.24) is 23.3 Å². The number of fused-ring (bicyclic) bond motifs is 41. The largest absolute Gasteiger partial charge is 0.455 e. The highest BCUT2D eigenvalue weighted by molar-refractivity contribution is 7.27. The highest BCUT2D eigenvalue weighted by Crippen LogP contribution is 2.53. The molecule has 0 amide bonds. The fraction of sp³-hybridized carbons (Fsp3) is 0. The van der Waals surface area contributed by atoms with E-state index in [0.29, 0.717) is 0 Å². The minimum Gasteiger partial charge on any atom is -0.455 e. The number of benzene rings is 21. The van der Waals surface area contributed by atoms with Crippen molar-refractivity contribution in [2.24, 2.45) is 0 Å². The average molecular weight is 1680 g/mol. The van der Waals surface area contributed by atoms with Gasteiger partial charge in [-0.2, -0.15) is 0 Å². The van der Waals surface area contributed by atoms with Crippen LogP contribution >= 0.6 is 34.0 Å². The predicted octanol–water partition coefficient (Wildman–Crippen LogP) is 34.4. The van der Waals surface area contributed by atoms with Crippen LogP contribution in [0.15, 0.2) is 423 Å². The zero-order valence-electron chi connectivity index (χ0n) is 68.7. The van der Waals surface area contributed by atoms with Gasteiger partial charge in [-0.25, -0.2) is 0 Å². The van der Waals surface area contributed by atoms with Crippen LogP contribution in [0.5, 0.6) is 0 Å². The van der Waals surface area contributed by atoms with Gasteiger partial charge < -0.3 is 22.7 Å². The Bertz CT molecular complexity index is 10000. The number of para-hydroxylation sites is 6. The van der Waals surface area contributed by atoms with Crippen LogP contribution in [-0.2, 0) is 0 Å². The van der Waals surface area contributed by atoms with Gasteiger partial charge in [0.25, 0.3) is 0 Å². The normalized spacial score (nSPS) is 12.2. The third-order valence-electron chi connectivity index (χ3n) is 27.1. The summed E-state index contributed by atoms with van der Waals surface area (Å²) >= 11 is 5.66. The molecule has 0 atom stereocenters. The molecule has 6 nitrogen and oxygen atoms in total. The molecule has 0 saturated heterocycles. The molecular formula is C119H69N5OS3. The molecule has 128 heavy (non-hydrogen) atoms. The van der Waals surface area contributed by atoms with E-state index in [1.54, 1.807) is 0 Å². The zero-order chi connectivity index (χ0) is 83.5. The number of pyridine rings is 1. The maximum Gasteiger partial charge on any atom is 0.143 e. The molecule has 30 aromatic rings. The van der Waals surface area contributed by atoms with Crippen molar-refractivity contribution in [3.63, 3.8) is 0 Å². The maximum atomic E-state index is 6.63. The summed E-state index contributed by atoms with van der Waals surface area (Å²) in [5, 5.41) is 35.6. The topological polar surface area (TPSA) is 45.8 Å². The Morgan fingerprint density at radius 2 is 0.625 bits per heavy atom. The van der Waals surface area contributed by atoms with E-state index in [0.717, 1.165) is 27.6 Å². The molecule has 0 bridgehead atoms. The molecule has 30 rings (SSSR count). The van der Waals surface area contributed by atoms with E-state index in [1.807, 2.05) is 52.5 Å². The van der Waals surface area contributed by atoms with Crippen LogP contribution in [-0.4, -0.2) is 23.3 Å². The summed E-state index contributed by atoms with van der Waals surface area (Å²) in [5.74, 6) is 0. The smallest absolute Gasteiger partial charge is 0.143 e. The standard InChI is InChI=1S/C44H26N2S.C38H23NS.C37H20N2OS/c1-2-12-27(13-3-1)45-38-19-9-6-15-30(38)35-24-28(22-23-40(35)45)46-39-20-10-7-16-31(39)36-25-34-29-14-4-5-17-32(29)44-43(37(34)26-41(36)46)33-18-8-11-21-42(33)47-44;1-2-11-24(12-3-1)25-13-10-14-26(23-25)39-33-19-8-6-18-31(33)35-28-16-4-5-17-29(28)36-32(37(35)39)22-21-30-27-15-7-9-20-34(27)40-38(30)36;1-2-12-24-23(11-1)33-27(36-34(24)26-13-4-7-15-31(26)40-36)18-17-25-21-9-3-6-14-29(21)39(35(25)33)30-20-38-19-28-22-10-5-8-16-32(22)41-37(28)30/h1-26H;1-23H;1-20H. The van der Waals surface area contributed by atoms with Gasteiger partial charge in [0, 0.05) is 160 Å². The average Bonchev–Trinajstić information content (AvgIpc) is 1.54. The minimum atomic E-state index is 0.917. The van der Waals surface area contributed by atoms with Gasteiger partial charge >= 0.3 is 0 Å². The summed E-state index contributed by atoms with van der Waals surface area (Å²) in [5.41, 5.74) is 18.7. The van der Waals surface area contributed by atoms with Crippen LogP contribution in [0.25, 0.3) is 268 Å². The molecule has 0 aliphatic carbocycles. The second-order valence-corrected chi connectivity index (χ2v) is 36.9. The molecule has 9 heteroatoms. The summed E-state index contributed by atoms with van der Waals surface area (Å²) in [6, 6.07) is 148. The van der Waals surface area contributed by atoms with Crippen molar-refractivity contribution < 1.29 is 4.42 Å². The molecule has 0 N–H and O–H groups in total. The van der Waals surface area contributed by atoms with Crippen LogP contribution in [0.1, 0.15) is 0 Å². The number of thiophene rings is 3. The summed E-state index contributed by atoms with van der Waals surface area (Å²) < 4.78 is 24.4. The fourth-order valence-electron chi connectivity index (χ4n) is 21.7. The quantitative estimate of drug-likeness (QED) is 0.161. The number of furan rings is 1. The van der Waals surface area contributed by atoms with E-state index in [4.69, 9.17) is 9.40 Å². The maximum absolute atomic E-state index is 6.63. The summed E-state index contributed by atoms with van der Waals surface area (Å²) in [6.07, 6.45) is 4.04.